The van der Waals surface area contributed by atoms with E-state index in [-0.39, 0.29) is 0 Å². The van der Waals surface area contributed by atoms with Crippen LogP contribution < -0.4 is 5.32 Å². The predicted octanol–water partition coefficient (Wildman–Crippen LogP) is 8.84. The lowest BCUT2D eigenvalue weighted by Gasteiger charge is -2.13. The summed E-state index contributed by atoms with van der Waals surface area (Å²) in [6.45, 7) is 16.8. The summed E-state index contributed by atoms with van der Waals surface area (Å²) in [5.74, 6) is 0. The van der Waals surface area contributed by atoms with Gasteiger partial charge < -0.3 is 19.9 Å². The van der Waals surface area contributed by atoms with Crippen molar-refractivity contribution in [1.29, 1.82) is 0 Å². The molecule has 0 fully saturated rings. The zero-order chi connectivity index (χ0) is 27.0. The molecule has 0 aliphatic carbocycles. The zero-order valence-corrected chi connectivity index (χ0v) is 25.0. The van der Waals surface area contributed by atoms with Crippen LogP contribution in [0.5, 0.6) is 0 Å². The molecule has 0 aliphatic heterocycles. The van der Waals surface area contributed by atoms with Crippen LogP contribution in [0.25, 0.3) is 0 Å². The molecule has 210 valence electrons. The quantitative estimate of drug-likeness (QED) is 0.199. The number of anilines is 1. The van der Waals surface area contributed by atoms with Crippen LogP contribution in [0.15, 0.2) is 18.2 Å². The van der Waals surface area contributed by atoms with Crippen molar-refractivity contribution in [2.24, 2.45) is 0 Å². The Morgan fingerprint density at radius 3 is 1.60 bits per heavy atom. The third kappa shape index (κ3) is 27.3. The van der Waals surface area contributed by atoms with Crippen LogP contribution in [0.4, 0.5) is 5.69 Å². The Labute approximate surface area is 220 Å². The number of rotatable bonds is 18. The molecule has 35 heavy (non-hydrogen) atoms. The van der Waals surface area contributed by atoms with Crippen LogP contribution in [-0.2, 0) is 22.3 Å². The monoisotopic (exact) mass is 497 g/mol. The highest BCUT2D eigenvalue weighted by Gasteiger charge is 2.05. The highest BCUT2D eigenvalue weighted by atomic mass is 16.5. The second-order valence-corrected chi connectivity index (χ2v) is 8.64. The van der Waals surface area contributed by atoms with Crippen molar-refractivity contribution in [3.63, 3.8) is 0 Å². The molecule has 1 aromatic rings. The maximum absolute atomic E-state index is 7.00. The third-order valence-corrected chi connectivity index (χ3v) is 5.39. The minimum atomic E-state index is 0.912. The molecule has 1 aromatic carbocycles. The molecule has 0 aliphatic rings. The fourth-order valence-electron chi connectivity index (χ4n) is 3.49. The summed E-state index contributed by atoms with van der Waals surface area (Å²) in [6.07, 6.45) is 16.3. The number of hydrogen-bond acceptors (Lipinski definition) is 4. The standard InChI is InChI=1S/C18H31NO.C6H14O.C6H14.CH4O/c1-4-14-20-15-9-7-6-8-12-17-16(5-2)11-10-13-18(17)19-3;1-3-5-7-6-4-2;1-3-5-6-4-2;1-2/h10-11,13,19H,4-9,12,14-15H2,1-3H3;3-6H2,1-2H3;3-6H2,1-2H3;2H,1H3. The Morgan fingerprint density at radius 1 is 0.629 bits per heavy atom. The Bertz CT molecular complexity index is 464. The van der Waals surface area contributed by atoms with Gasteiger partial charge in [0.15, 0.2) is 0 Å². The first kappa shape index (κ1) is 38.4. The van der Waals surface area contributed by atoms with Crippen molar-refractivity contribution < 1.29 is 14.6 Å². The van der Waals surface area contributed by atoms with E-state index < -0.39 is 0 Å². The SMILES string of the molecule is CCCCCC.CCCOCCC.CCCOCCCCCCc1c(CC)cccc1NC.CO. The number of aryl methyl sites for hydroxylation is 1. The fourth-order valence-corrected chi connectivity index (χ4v) is 3.49. The van der Waals surface area contributed by atoms with Gasteiger partial charge in [0.25, 0.3) is 0 Å². The molecule has 0 spiro atoms. The smallest absolute Gasteiger partial charge is 0.0466 e. The van der Waals surface area contributed by atoms with E-state index in [1.807, 2.05) is 7.05 Å². The van der Waals surface area contributed by atoms with E-state index in [1.165, 1.54) is 74.6 Å². The van der Waals surface area contributed by atoms with Gasteiger partial charge in [-0.15, -0.1) is 0 Å². The molecule has 2 N–H and O–H groups in total. The molecule has 4 heteroatoms. The fraction of sp³-hybridized carbons (Fsp3) is 0.806. The largest absolute Gasteiger partial charge is 0.400 e. The predicted molar refractivity (Wildman–Crippen MR) is 158 cm³/mol. The van der Waals surface area contributed by atoms with Crippen LogP contribution in [0.2, 0.25) is 0 Å². The van der Waals surface area contributed by atoms with E-state index in [2.05, 4.69) is 65.1 Å². The van der Waals surface area contributed by atoms with Crippen molar-refractivity contribution >= 4 is 5.69 Å². The van der Waals surface area contributed by atoms with E-state index in [1.54, 1.807) is 0 Å². The highest BCUT2D eigenvalue weighted by molar-refractivity contribution is 5.54. The average molecular weight is 498 g/mol. The van der Waals surface area contributed by atoms with Crippen LogP contribution in [0, 0.1) is 0 Å². The van der Waals surface area contributed by atoms with Crippen LogP contribution in [0.1, 0.15) is 123 Å². The Kier molecular flexibility index (Phi) is 38.5. The summed E-state index contributed by atoms with van der Waals surface area (Å²) in [5.41, 5.74) is 4.30. The number of aliphatic hydroxyl groups is 1. The van der Waals surface area contributed by atoms with E-state index >= 15 is 0 Å². The normalized spacial score (nSPS) is 9.74. The summed E-state index contributed by atoms with van der Waals surface area (Å²) in [5, 5.41) is 10.3. The molecule has 0 amide bonds. The first-order valence-corrected chi connectivity index (χ1v) is 14.5. The van der Waals surface area contributed by atoms with Crippen LogP contribution >= 0.6 is 0 Å². The molecule has 0 saturated heterocycles. The minimum Gasteiger partial charge on any atom is -0.400 e. The molecule has 1 rings (SSSR count). The van der Waals surface area contributed by atoms with Crippen LogP contribution in [0.3, 0.4) is 0 Å². The van der Waals surface area contributed by atoms with Gasteiger partial charge in [-0.25, -0.2) is 0 Å². The number of nitrogens with one attached hydrogen (secondary N) is 1. The zero-order valence-electron chi connectivity index (χ0n) is 25.0. The van der Waals surface area contributed by atoms with Gasteiger partial charge in [-0.2, -0.15) is 0 Å². The van der Waals surface area contributed by atoms with E-state index in [9.17, 15) is 0 Å². The van der Waals surface area contributed by atoms with E-state index in [0.29, 0.717) is 0 Å². The molecule has 0 atom stereocenters. The van der Waals surface area contributed by atoms with Crippen LogP contribution in [-0.4, -0.2) is 45.7 Å². The van der Waals surface area contributed by atoms with Gasteiger partial charge in [-0.05, 0) is 62.1 Å². The number of unbranched alkanes of at least 4 members (excludes halogenated alkanes) is 6. The third-order valence-electron chi connectivity index (χ3n) is 5.39. The maximum Gasteiger partial charge on any atom is 0.0466 e. The van der Waals surface area contributed by atoms with E-state index in [0.717, 1.165) is 59.2 Å². The lowest BCUT2D eigenvalue weighted by molar-refractivity contribution is 0.130. The first-order valence-electron chi connectivity index (χ1n) is 14.5. The lowest BCUT2D eigenvalue weighted by atomic mass is 9.97. The molecule has 0 bridgehead atoms. The summed E-state index contributed by atoms with van der Waals surface area (Å²) in [7, 11) is 3.02. The molecule has 0 saturated carbocycles. The Morgan fingerprint density at radius 2 is 1.14 bits per heavy atom. The van der Waals surface area contributed by atoms with Crippen molar-refractivity contribution in [2.75, 3.05) is 45.9 Å². The summed E-state index contributed by atoms with van der Waals surface area (Å²) in [6, 6.07) is 6.60. The number of benzene rings is 1. The summed E-state index contributed by atoms with van der Waals surface area (Å²) >= 11 is 0. The topological polar surface area (TPSA) is 50.7 Å². The Hall–Kier alpha value is -1.10. The van der Waals surface area contributed by atoms with Gasteiger partial charge in [0.2, 0.25) is 0 Å². The Balaban J connectivity index is -0.000000560. The van der Waals surface area contributed by atoms with Gasteiger partial charge >= 0.3 is 0 Å². The van der Waals surface area contributed by atoms with Gasteiger partial charge in [0.05, 0.1) is 0 Å². The average Bonchev–Trinajstić information content (AvgIpc) is 2.91. The van der Waals surface area contributed by atoms with Crippen molar-refractivity contribution in [3.8, 4) is 0 Å². The lowest BCUT2D eigenvalue weighted by Crippen LogP contribution is -2.00. The number of ether oxygens (including phenoxy) is 2. The highest BCUT2D eigenvalue weighted by Crippen LogP contribution is 2.22. The van der Waals surface area contributed by atoms with E-state index in [4.69, 9.17) is 14.6 Å². The molecular formula is C31H63NO3. The van der Waals surface area contributed by atoms with Gasteiger partial charge in [0, 0.05) is 46.3 Å². The van der Waals surface area contributed by atoms with Crippen molar-refractivity contribution in [1.82, 2.24) is 0 Å². The first-order chi connectivity index (χ1) is 17.2. The summed E-state index contributed by atoms with van der Waals surface area (Å²) in [4.78, 5) is 0. The van der Waals surface area contributed by atoms with Gasteiger partial charge in [-0.3, -0.25) is 0 Å². The number of aliphatic hydroxyl groups excluding tert-OH is 1. The second kappa shape index (κ2) is 35.1. The summed E-state index contributed by atoms with van der Waals surface area (Å²) < 4.78 is 10.6. The molecular weight excluding hydrogens is 434 g/mol. The minimum absolute atomic E-state index is 0.912. The molecule has 0 heterocycles. The van der Waals surface area contributed by atoms with Crippen molar-refractivity contribution in [2.45, 2.75) is 125 Å². The molecule has 0 radical (unpaired) electrons. The molecule has 4 nitrogen and oxygen atoms in total. The molecule has 0 aromatic heterocycles. The maximum atomic E-state index is 7.00. The molecule has 0 unspecified atom stereocenters. The number of hydrogen-bond donors (Lipinski definition) is 2. The van der Waals surface area contributed by atoms with Gasteiger partial charge in [0.1, 0.15) is 0 Å². The van der Waals surface area contributed by atoms with Crippen molar-refractivity contribution in [3.05, 3.63) is 29.3 Å². The second-order valence-electron chi connectivity index (χ2n) is 8.64. The van der Waals surface area contributed by atoms with Gasteiger partial charge in [-0.1, -0.05) is 92.2 Å².